The number of aliphatic hydroxyl groups excluding tert-OH is 2. The van der Waals surface area contributed by atoms with E-state index in [0.717, 1.165) is 16.3 Å². The molecule has 0 amide bonds. The van der Waals surface area contributed by atoms with Gasteiger partial charge in [0.25, 0.3) is 0 Å². The van der Waals surface area contributed by atoms with Gasteiger partial charge in [-0.25, -0.2) is 0 Å². The minimum Gasteiger partial charge on any atom is -0.394 e. The Morgan fingerprint density at radius 1 is 1.24 bits per heavy atom. The molecule has 0 aliphatic heterocycles. The van der Waals surface area contributed by atoms with E-state index in [-0.39, 0.29) is 6.61 Å². The number of nitrogens with one attached hydrogen (secondary N) is 1. The van der Waals surface area contributed by atoms with Crippen LogP contribution < -0.4 is 5.32 Å². The van der Waals surface area contributed by atoms with E-state index in [1.165, 1.54) is 0 Å². The minimum atomic E-state index is -0.710. The number of hydrogen-bond donors (Lipinski definition) is 3. The molecule has 0 saturated heterocycles. The summed E-state index contributed by atoms with van der Waals surface area (Å²) in [5.41, 5.74) is 1.09. The van der Waals surface area contributed by atoms with E-state index in [4.69, 9.17) is 5.11 Å². The van der Waals surface area contributed by atoms with Crippen molar-refractivity contribution in [2.24, 2.45) is 0 Å². The molecule has 4 nitrogen and oxygen atoms in total. The van der Waals surface area contributed by atoms with E-state index in [0.29, 0.717) is 13.1 Å². The van der Waals surface area contributed by atoms with E-state index < -0.39 is 6.10 Å². The number of aromatic nitrogens is 1. The maximum absolute atomic E-state index is 9.22. The molecule has 2 rings (SSSR count). The summed E-state index contributed by atoms with van der Waals surface area (Å²) in [4.78, 5) is 4.18. The Balaban J connectivity index is 2.08. The molecule has 0 saturated carbocycles. The molecule has 3 N–H and O–H groups in total. The zero-order valence-corrected chi connectivity index (χ0v) is 9.50. The van der Waals surface area contributed by atoms with Crippen molar-refractivity contribution in [1.82, 2.24) is 10.3 Å². The number of hydrogen-bond acceptors (Lipinski definition) is 4. The molecule has 0 fully saturated rings. The average molecular weight is 232 g/mol. The predicted octanol–water partition coefficient (Wildman–Crippen LogP) is 0.678. The van der Waals surface area contributed by atoms with Crippen LogP contribution in [0.3, 0.4) is 0 Å². The number of benzene rings is 1. The van der Waals surface area contributed by atoms with Crippen molar-refractivity contribution in [3.63, 3.8) is 0 Å². The highest BCUT2D eigenvalue weighted by Gasteiger charge is 2.03. The van der Waals surface area contributed by atoms with Gasteiger partial charge in [-0.3, -0.25) is 4.98 Å². The van der Waals surface area contributed by atoms with E-state index >= 15 is 0 Å². The monoisotopic (exact) mass is 232 g/mol. The first kappa shape index (κ1) is 12.0. The van der Waals surface area contributed by atoms with Crippen molar-refractivity contribution in [2.75, 3.05) is 13.2 Å². The summed E-state index contributed by atoms with van der Waals surface area (Å²) in [6.45, 7) is 0.784. The molecule has 0 aliphatic rings. The normalized spacial score (nSPS) is 12.8. The van der Waals surface area contributed by atoms with Crippen molar-refractivity contribution < 1.29 is 10.2 Å². The summed E-state index contributed by atoms with van der Waals surface area (Å²) < 4.78 is 0. The minimum absolute atomic E-state index is 0.221. The number of nitrogens with zero attached hydrogens (tertiary/aromatic N) is 1. The molecule has 1 aromatic carbocycles. The van der Waals surface area contributed by atoms with Gasteiger partial charge in [0.15, 0.2) is 0 Å². The fourth-order valence-electron chi connectivity index (χ4n) is 1.76. The molecule has 90 valence electrons. The van der Waals surface area contributed by atoms with Crippen LogP contribution in [-0.4, -0.2) is 34.5 Å². The average Bonchev–Trinajstić information content (AvgIpc) is 2.39. The summed E-state index contributed by atoms with van der Waals surface area (Å²) in [6.07, 6.45) is 2.94. The third-order valence-electron chi connectivity index (χ3n) is 2.66. The topological polar surface area (TPSA) is 65.4 Å². The maximum atomic E-state index is 9.22. The first-order valence-corrected chi connectivity index (χ1v) is 5.62. The van der Waals surface area contributed by atoms with Crippen molar-refractivity contribution >= 4 is 10.8 Å². The zero-order chi connectivity index (χ0) is 12.1. The lowest BCUT2D eigenvalue weighted by Crippen LogP contribution is -2.29. The van der Waals surface area contributed by atoms with Gasteiger partial charge in [0, 0.05) is 30.9 Å². The molecular formula is C13H16N2O2. The van der Waals surface area contributed by atoms with E-state index in [1.54, 1.807) is 0 Å². The van der Waals surface area contributed by atoms with E-state index in [2.05, 4.69) is 16.4 Å². The SMILES string of the molecule is OCC(O)CNCc1cncc2ccccc12. The zero-order valence-electron chi connectivity index (χ0n) is 9.50. The van der Waals surface area contributed by atoms with Crippen LogP contribution in [0.4, 0.5) is 0 Å². The van der Waals surface area contributed by atoms with Gasteiger partial charge >= 0.3 is 0 Å². The summed E-state index contributed by atoms with van der Waals surface area (Å²) in [7, 11) is 0. The lowest BCUT2D eigenvalue weighted by molar-refractivity contribution is 0.0942. The molecular weight excluding hydrogens is 216 g/mol. The fraction of sp³-hybridized carbons (Fsp3) is 0.308. The maximum Gasteiger partial charge on any atom is 0.0895 e. The lowest BCUT2D eigenvalue weighted by atomic mass is 10.1. The molecule has 4 heteroatoms. The standard InChI is InChI=1S/C13H16N2O2/c16-9-12(17)8-15-7-11-6-14-5-10-3-1-2-4-13(10)11/h1-6,12,15-17H,7-9H2. The smallest absolute Gasteiger partial charge is 0.0895 e. The molecule has 17 heavy (non-hydrogen) atoms. The van der Waals surface area contributed by atoms with Gasteiger partial charge in [-0.15, -0.1) is 0 Å². The van der Waals surface area contributed by atoms with Gasteiger partial charge in [-0.2, -0.15) is 0 Å². The van der Waals surface area contributed by atoms with Crippen LogP contribution in [0.1, 0.15) is 5.56 Å². The Hall–Kier alpha value is -1.49. The predicted molar refractivity (Wildman–Crippen MR) is 66.5 cm³/mol. The van der Waals surface area contributed by atoms with Crippen LogP contribution in [0.2, 0.25) is 0 Å². The highest BCUT2D eigenvalue weighted by atomic mass is 16.3. The molecule has 1 unspecified atom stereocenters. The van der Waals surface area contributed by atoms with Crippen molar-refractivity contribution in [2.45, 2.75) is 12.6 Å². The molecule has 0 aliphatic carbocycles. The Labute approximate surface area is 99.9 Å². The number of aliphatic hydroxyl groups is 2. The Morgan fingerprint density at radius 2 is 2.06 bits per heavy atom. The van der Waals surface area contributed by atoms with Gasteiger partial charge in [0.05, 0.1) is 12.7 Å². The summed E-state index contributed by atoms with van der Waals surface area (Å²) in [5.74, 6) is 0. The van der Waals surface area contributed by atoms with Crippen molar-refractivity contribution in [3.8, 4) is 0 Å². The second-order valence-electron chi connectivity index (χ2n) is 3.99. The summed E-state index contributed by atoms with van der Waals surface area (Å²) >= 11 is 0. The molecule has 0 bridgehead atoms. The van der Waals surface area contributed by atoms with Gasteiger partial charge in [0.2, 0.25) is 0 Å². The molecule has 1 heterocycles. The first-order valence-electron chi connectivity index (χ1n) is 5.62. The molecule has 2 aromatic rings. The van der Waals surface area contributed by atoms with E-state index in [1.807, 2.05) is 30.6 Å². The lowest BCUT2D eigenvalue weighted by Gasteiger charge is -2.10. The van der Waals surface area contributed by atoms with Crippen LogP contribution in [0.25, 0.3) is 10.8 Å². The third kappa shape index (κ3) is 3.00. The second kappa shape index (κ2) is 5.72. The fourth-order valence-corrected chi connectivity index (χ4v) is 1.76. The van der Waals surface area contributed by atoms with Gasteiger partial charge in [-0.1, -0.05) is 24.3 Å². The van der Waals surface area contributed by atoms with Crippen molar-refractivity contribution in [3.05, 3.63) is 42.2 Å². The highest BCUT2D eigenvalue weighted by Crippen LogP contribution is 2.16. The van der Waals surface area contributed by atoms with Gasteiger partial charge < -0.3 is 15.5 Å². The number of rotatable bonds is 5. The van der Waals surface area contributed by atoms with E-state index in [9.17, 15) is 5.11 Å². The van der Waals surface area contributed by atoms with Gasteiger partial charge in [0.1, 0.15) is 0 Å². The van der Waals surface area contributed by atoms with Crippen LogP contribution >= 0.6 is 0 Å². The van der Waals surface area contributed by atoms with Crippen molar-refractivity contribution in [1.29, 1.82) is 0 Å². The third-order valence-corrected chi connectivity index (χ3v) is 2.66. The van der Waals surface area contributed by atoms with Crippen LogP contribution in [-0.2, 0) is 6.54 Å². The molecule has 0 spiro atoms. The Bertz CT molecular complexity index is 482. The second-order valence-corrected chi connectivity index (χ2v) is 3.99. The van der Waals surface area contributed by atoms with Crippen LogP contribution in [0, 0.1) is 0 Å². The largest absolute Gasteiger partial charge is 0.394 e. The summed E-state index contributed by atoms with van der Waals surface area (Å²) in [6, 6.07) is 8.05. The molecule has 0 radical (unpaired) electrons. The quantitative estimate of drug-likeness (QED) is 0.709. The van der Waals surface area contributed by atoms with Crippen LogP contribution in [0.15, 0.2) is 36.7 Å². The summed E-state index contributed by atoms with van der Waals surface area (Å²) in [5, 5.41) is 23.3. The first-order chi connectivity index (χ1) is 8.31. The molecule has 1 atom stereocenters. The highest BCUT2D eigenvalue weighted by molar-refractivity contribution is 5.84. The Kier molecular flexibility index (Phi) is 4.03. The Morgan fingerprint density at radius 3 is 2.88 bits per heavy atom. The van der Waals surface area contributed by atoms with Gasteiger partial charge in [-0.05, 0) is 10.9 Å². The number of pyridine rings is 1. The number of fused-ring (bicyclic) bond motifs is 1. The molecule has 1 aromatic heterocycles. The van der Waals surface area contributed by atoms with Crippen LogP contribution in [0.5, 0.6) is 0 Å².